The van der Waals surface area contributed by atoms with Crippen molar-refractivity contribution >= 4 is 39.2 Å². The Balaban J connectivity index is 2.05. The molecule has 0 radical (unpaired) electrons. The van der Waals surface area contributed by atoms with E-state index in [-0.39, 0.29) is 12.7 Å². The molecule has 0 aliphatic carbocycles. The van der Waals surface area contributed by atoms with E-state index in [2.05, 4.69) is 22.7 Å². The summed E-state index contributed by atoms with van der Waals surface area (Å²) in [6.45, 7) is 3.16. The number of thioether (sulfide) groups is 1. The molecule has 1 aromatic carbocycles. The number of hydrogen-bond donors (Lipinski definition) is 0. The van der Waals surface area contributed by atoms with E-state index in [1.54, 1.807) is 11.8 Å². The van der Waals surface area contributed by atoms with E-state index in [0.717, 1.165) is 51.7 Å². The van der Waals surface area contributed by atoms with E-state index in [1.165, 1.54) is 11.3 Å². The lowest BCUT2D eigenvalue weighted by molar-refractivity contribution is -0.118. The molecule has 2 heterocycles. The topological polar surface area (TPSA) is 52.8 Å². The molecule has 0 N–H and O–H groups in total. The van der Waals surface area contributed by atoms with Crippen LogP contribution in [0, 0.1) is 0 Å². The van der Waals surface area contributed by atoms with Crippen molar-refractivity contribution in [1.29, 1.82) is 0 Å². The molecule has 0 fully saturated rings. The molecule has 5 nitrogen and oxygen atoms in total. The highest BCUT2D eigenvalue weighted by atomic mass is 32.2. The fraction of sp³-hybridized carbons (Fsp3) is 0.500. The lowest BCUT2D eigenvalue weighted by Crippen LogP contribution is -2.18. The number of fused-ring (bicyclic) bond motifs is 2. The predicted octanol–water partition coefficient (Wildman–Crippen LogP) is 3.41. The molecule has 124 valence electrons. The quantitative estimate of drug-likeness (QED) is 0.799. The maximum atomic E-state index is 12.0. The molecule has 0 spiro atoms. The summed E-state index contributed by atoms with van der Waals surface area (Å²) >= 11 is 3.31. The zero-order chi connectivity index (χ0) is 16.2. The van der Waals surface area contributed by atoms with Gasteiger partial charge in [-0.1, -0.05) is 24.7 Å². The zero-order valence-electron chi connectivity index (χ0n) is 13.3. The molecule has 1 aliphatic heterocycles. The van der Waals surface area contributed by atoms with Crippen molar-refractivity contribution in [2.45, 2.75) is 32.7 Å². The fourth-order valence-electron chi connectivity index (χ4n) is 2.43. The van der Waals surface area contributed by atoms with Crippen molar-refractivity contribution in [2.24, 2.45) is 4.99 Å². The summed E-state index contributed by atoms with van der Waals surface area (Å²) < 4.78 is 14.1. The van der Waals surface area contributed by atoms with E-state index >= 15 is 0 Å². The van der Waals surface area contributed by atoms with Gasteiger partial charge in [-0.15, -0.1) is 0 Å². The fourth-order valence-corrected chi connectivity index (χ4v) is 3.88. The first-order chi connectivity index (χ1) is 11.2. The maximum absolute atomic E-state index is 12.0. The molecule has 1 aliphatic rings. The Labute approximate surface area is 143 Å². The van der Waals surface area contributed by atoms with Gasteiger partial charge >= 0.3 is 0 Å². The first-order valence-electron chi connectivity index (χ1n) is 7.72. The van der Waals surface area contributed by atoms with E-state index in [1.807, 2.05) is 12.1 Å². The number of carbonyl (C=O) groups is 1. The molecule has 2 aromatic rings. The monoisotopic (exact) mass is 352 g/mol. The lowest BCUT2D eigenvalue weighted by Gasteiger charge is -2.04. The van der Waals surface area contributed by atoms with Gasteiger partial charge in [0.1, 0.15) is 0 Å². The van der Waals surface area contributed by atoms with E-state index in [4.69, 9.17) is 9.47 Å². The van der Waals surface area contributed by atoms with Crippen LogP contribution in [-0.4, -0.2) is 29.3 Å². The molecular weight excluding hydrogens is 332 g/mol. The number of carbonyl (C=O) groups excluding carboxylic acids is 1. The number of amides is 1. The van der Waals surface area contributed by atoms with Crippen LogP contribution >= 0.6 is 23.1 Å². The third-order valence-electron chi connectivity index (χ3n) is 3.66. The van der Waals surface area contributed by atoms with Gasteiger partial charge in [-0.3, -0.25) is 4.79 Å². The summed E-state index contributed by atoms with van der Waals surface area (Å²) in [5.74, 6) is 2.45. The molecule has 0 bridgehead atoms. The van der Waals surface area contributed by atoms with Crippen molar-refractivity contribution in [3.8, 4) is 11.5 Å². The number of nitrogens with zero attached hydrogens (tertiary/aromatic N) is 2. The van der Waals surface area contributed by atoms with Crippen LogP contribution in [0.25, 0.3) is 10.2 Å². The summed E-state index contributed by atoms with van der Waals surface area (Å²) in [4.78, 5) is 17.2. The van der Waals surface area contributed by atoms with Crippen molar-refractivity contribution in [1.82, 2.24) is 4.57 Å². The minimum absolute atomic E-state index is 0.0450. The van der Waals surface area contributed by atoms with Gasteiger partial charge in [0.25, 0.3) is 0 Å². The number of aromatic nitrogens is 1. The minimum atomic E-state index is -0.0450. The van der Waals surface area contributed by atoms with Gasteiger partial charge in [-0.2, -0.15) is 16.8 Å². The third-order valence-corrected chi connectivity index (χ3v) is 5.29. The molecule has 0 saturated heterocycles. The summed E-state index contributed by atoms with van der Waals surface area (Å²) in [7, 11) is 0. The first kappa shape index (κ1) is 16.4. The highest BCUT2D eigenvalue weighted by Gasteiger charge is 2.17. The van der Waals surface area contributed by atoms with Crippen LogP contribution < -0.4 is 14.3 Å². The van der Waals surface area contributed by atoms with Crippen LogP contribution in [-0.2, 0) is 11.3 Å². The average Bonchev–Trinajstić information content (AvgIpc) is 3.12. The number of aryl methyl sites for hydroxylation is 1. The standard InChI is InChI=1S/C16H20N2O3S2/c1-3-4-5-15(19)17-16-18(6-7-22-2)11-8-12-13(21-10-20-12)9-14(11)23-16/h8-9H,3-7,10H2,1-2H3. The minimum Gasteiger partial charge on any atom is -0.454 e. The van der Waals surface area contributed by atoms with Crippen molar-refractivity contribution < 1.29 is 14.3 Å². The van der Waals surface area contributed by atoms with Gasteiger partial charge in [0.15, 0.2) is 16.3 Å². The van der Waals surface area contributed by atoms with Crippen LogP contribution in [0.5, 0.6) is 11.5 Å². The van der Waals surface area contributed by atoms with Gasteiger partial charge in [0.2, 0.25) is 12.7 Å². The Morgan fingerprint density at radius 3 is 2.91 bits per heavy atom. The van der Waals surface area contributed by atoms with Crippen LogP contribution in [0.15, 0.2) is 17.1 Å². The Hall–Kier alpha value is -1.47. The molecule has 7 heteroatoms. The van der Waals surface area contributed by atoms with Crippen molar-refractivity contribution in [3.05, 3.63) is 16.9 Å². The van der Waals surface area contributed by atoms with Crippen LogP contribution in [0.2, 0.25) is 0 Å². The van der Waals surface area contributed by atoms with Crippen LogP contribution in [0.4, 0.5) is 0 Å². The smallest absolute Gasteiger partial charge is 0.248 e. The Morgan fingerprint density at radius 2 is 2.17 bits per heavy atom. The second-order valence-electron chi connectivity index (χ2n) is 5.31. The van der Waals surface area contributed by atoms with Crippen LogP contribution in [0.1, 0.15) is 26.2 Å². The van der Waals surface area contributed by atoms with Gasteiger partial charge in [0, 0.05) is 30.9 Å². The maximum Gasteiger partial charge on any atom is 0.248 e. The number of benzene rings is 1. The molecule has 3 rings (SSSR count). The van der Waals surface area contributed by atoms with Crippen molar-refractivity contribution in [3.63, 3.8) is 0 Å². The molecule has 1 aromatic heterocycles. The number of thiazole rings is 1. The highest BCUT2D eigenvalue weighted by molar-refractivity contribution is 7.98. The number of hydrogen-bond acceptors (Lipinski definition) is 5. The summed E-state index contributed by atoms with van der Waals surface area (Å²) in [5.41, 5.74) is 1.05. The Kier molecular flexibility index (Phi) is 5.27. The summed E-state index contributed by atoms with van der Waals surface area (Å²) in [6, 6.07) is 3.97. The van der Waals surface area contributed by atoms with Gasteiger partial charge < -0.3 is 14.0 Å². The van der Waals surface area contributed by atoms with Gasteiger partial charge in [0.05, 0.1) is 10.2 Å². The molecule has 0 atom stereocenters. The largest absolute Gasteiger partial charge is 0.454 e. The molecular formula is C16H20N2O3S2. The number of rotatable bonds is 6. The Morgan fingerprint density at radius 1 is 1.39 bits per heavy atom. The molecule has 0 unspecified atom stereocenters. The average molecular weight is 352 g/mol. The summed E-state index contributed by atoms with van der Waals surface area (Å²) in [6.07, 6.45) is 4.47. The molecule has 0 saturated carbocycles. The van der Waals surface area contributed by atoms with Gasteiger partial charge in [-0.05, 0) is 12.7 Å². The number of unbranched alkanes of at least 4 members (excludes halogenated alkanes) is 1. The van der Waals surface area contributed by atoms with Crippen molar-refractivity contribution in [2.75, 3.05) is 18.8 Å². The van der Waals surface area contributed by atoms with E-state index < -0.39 is 0 Å². The lowest BCUT2D eigenvalue weighted by atomic mass is 10.2. The number of ether oxygens (including phenoxy) is 2. The zero-order valence-corrected chi connectivity index (χ0v) is 15.0. The molecule has 23 heavy (non-hydrogen) atoms. The predicted molar refractivity (Wildman–Crippen MR) is 94.4 cm³/mol. The van der Waals surface area contributed by atoms with Gasteiger partial charge in [-0.25, -0.2) is 0 Å². The summed E-state index contributed by atoms with van der Waals surface area (Å²) in [5, 5.41) is 0. The SMILES string of the molecule is CCCCC(=O)N=c1sc2cc3c(cc2n1CCSC)OCO3. The first-order valence-corrected chi connectivity index (χ1v) is 9.93. The Bertz CT molecular complexity index is 779. The van der Waals surface area contributed by atoms with Crippen LogP contribution in [0.3, 0.4) is 0 Å². The second-order valence-corrected chi connectivity index (χ2v) is 7.31. The van der Waals surface area contributed by atoms with E-state index in [0.29, 0.717) is 6.42 Å². The van der Waals surface area contributed by atoms with E-state index in [9.17, 15) is 4.79 Å². The molecule has 1 amide bonds. The third kappa shape index (κ3) is 3.55. The highest BCUT2D eigenvalue weighted by Crippen LogP contribution is 2.37. The normalized spacial score (nSPS) is 13.9. The second kappa shape index (κ2) is 7.40.